The molecule has 2 aromatic rings. The number of carbonyl (C=O) groups is 2. The third-order valence-electron chi connectivity index (χ3n) is 5.76. The first-order valence-electron chi connectivity index (χ1n) is 11.5. The van der Waals surface area contributed by atoms with Gasteiger partial charge >= 0.3 is 17.9 Å². The highest BCUT2D eigenvalue weighted by Crippen LogP contribution is 2.43. The van der Waals surface area contributed by atoms with E-state index in [1.807, 2.05) is 6.07 Å². The molecule has 11 heteroatoms. The number of hydrogen-bond acceptors (Lipinski definition) is 8. The van der Waals surface area contributed by atoms with Crippen LogP contribution < -0.4 is 9.04 Å². The van der Waals surface area contributed by atoms with Gasteiger partial charge < -0.3 is 19.1 Å². The second-order valence-corrected chi connectivity index (χ2v) is 10.7. The summed E-state index contributed by atoms with van der Waals surface area (Å²) in [6, 6.07) is 10.8. The average molecular weight is 523 g/mol. The molecule has 1 fully saturated rings. The van der Waals surface area contributed by atoms with Crippen molar-refractivity contribution in [1.29, 1.82) is 0 Å². The zero-order valence-corrected chi connectivity index (χ0v) is 21.1. The van der Waals surface area contributed by atoms with Crippen molar-refractivity contribution < 1.29 is 32.2 Å². The normalized spacial score (nSPS) is 16.7. The van der Waals surface area contributed by atoms with E-state index < -0.39 is 34.5 Å². The smallest absolute Gasteiger partial charge is 0.417 e. The van der Waals surface area contributed by atoms with E-state index in [0.717, 1.165) is 42.3 Å². The van der Waals surface area contributed by atoms with E-state index in [1.54, 1.807) is 12.1 Å². The van der Waals surface area contributed by atoms with E-state index in [4.69, 9.17) is 25.8 Å². The van der Waals surface area contributed by atoms with Crippen LogP contribution in [0.1, 0.15) is 32.3 Å². The van der Waals surface area contributed by atoms with Crippen LogP contribution in [0.4, 0.5) is 5.69 Å². The average Bonchev–Trinajstić information content (AvgIpc) is 3.09. The van der Waals surface area contributed by atoms with Gasteiger partial charge in [0.15, 0.2) is 12.3 Å². The molecule has 1 spiro atoms. The SMILES string of the molecule is CCCN(CCC)CCc1ccc2c(c1)N(S(=O)(=O)c1ccc(Cl)cc1)CC1(OC(=O)C(=O)O1)O2. The number of benzene rings is 2. The molecule has 9 nitrogen and oxygen atoms in total. The molecule has 2 aliphatic rings. The number of fused-ring (bicyclic) bond motifs is 1. The first-order valence-corrected chi connectivity index (χ1v) is 13.3. The number of sulfonamides is 1. The molecule has 0 saturated carbocycles. The zero-order chi connectivity index (χ0) is 25.2. The molecule has 1 saturated heterocycles. The molecule has 0 bridgehead atoms. The van der Waals surface area contributed by atoms with Gasteiger partial charge in [-0.3, -0.25) is 4.31 Å². The summed E-state index contributed by atoms with van der Waals surface area (Å²) in [4.78, 5) is 25.9. The van der Waals surface area contributed by atoms with Crippen molar-refractivity contribution in [3.63, 3.8) is 0 Å². The van der Waals surface area contributed by atoms with Gasteiger partial charge in [-0.1, -0.05) is 31.5 Å². The lowest BCUT2D eigenvalue weighted by atomic mass is 10.1. The molecule has 0 radical (unpaired) electrons. The maximum absolute atomic E-state index is 13.7. The highest BCUT2D eigenvalue weighted by Gasteiger charge is 2.57. The maximum Gasteiger partial charge on any atom is 0.442 e. The van der Waals surface area contributed by atoms with Gasteiger partial charge in [-0.25, -0.2) is 18.0 Å². The fourth-order valence-corrected chi connectivity index (χ4v) is 5.75. The number of nitrogens with zero attached hydrogens (tertiary/aromatic N) is 2. The third-order valence-corrected chi connectivity index (χ3v) is 7.78. The molecule has 0 amide bonds. The lowest BCUT2D eigenvalue weighted by molar-refractivity contribution is -0.269. The van der Waals surface area contributed by atoms with Crippen LogP contribution in [-0.2, 0) is 35.5 Å². The van der Waals surface area contributed by atoms with Gasteiger partial charge in [0.2, 0.25) is 0 Å². The summed E-state index contributed by atoms with van der Waals surface area (Å²) >= 11 is 5.94. The standard InChI is InChI=1S/C24H27ClN2O7S/c1-3-12-26(13-4-2)14-11-17-5-10-21-20(15-17)27(16-24(32-21)33-22(28)23(29)34-24)35(30,31)19-8-6-18(25)7-9-19/h5-10,15H,3-4,11-14,16H2,1-2H3. The predicted molar refractivity (Wildman–Crippen MR) is 129 cm³/mol. The van der Waals surface area contributed by atoms with Crippen LogP contribution in [0.5, 0.6) is 5.75 Å². The van der Waals surface area contributed by atoms with Gasteiger partial charge in [0.25, 0.3) is 10.0 Å². The Balaban J connectivity index is 1.70. The minimum atomic E-state index is -4.15. The zero-order valence-electron chi connectivity index (χ0n) is 19.5. The molecule has 0 N–H and O–H groups in total. The van der Waals surface area contributed by atoms with Crippen molar-refractivity contribution in [2.75, 3.05) is 30.5 Å². The van der Waals surface area contributed by atoms with E-state index in [1.165, 1.54) is 24.3 Å². The van der Waals surface area contributed by atoms with E-state index >= 15 is 0 Å². The van der Waals surface area contributed by atoms with Crippen LogP contribution in [0.25, 0.3) is 0 Å². The summed E-state index contributed by atoms with van der Waals surface area (Å²) in [5.41, 5.74) is 1.18. The molecule has 0 atom stereocenters. The number of esters is 2. The van der Waals surface area contributed by atoms with Gasteiger partial charge in [-0.15, -0.1) is 0 Å². The molecular weight excluding hydrogens is 496 g/mol. The monoisotopic (exact) mass is 522 g/mol. The molecular formula is C24H27ClN2O7S. The van der Waals surface area contributed by atoms with E-state index in [0.29, 0.717) is 11.4 Å². The predicted octanol–water partition coefficient (Wildman–Crippen LogP) is 3.35. The number of ether oxygens (including phenoxy) is 3. The molecule has 0 aromatic heterocycles. The van der Waals surface area contributed by atoms with Crippen LogP contribution in [0.2, 0.25) is 5.02 Å². The van der Waals surface area contributed by atoms with Crippen molar-refractivity contribution in [1.82, 2.24) is 4.90 Å². The minimum Gasteiger partial charge on any atom is -0.417 e. The summed E-state index contributed by atoms with van der Waals surface area (Å²) in [7, 11) is -4.15. The Morgan fingerprint density at radius 2 is 1.57 bits per heavy atom. The van der Waals surface area contributed by atoms with E-state index in [-0.39, 0.29) is 16.3 Å². The Morgan fingerprint density at radius 1 is 0.943 bits per heavy atom. The van der Waals surface area contributed by atoms with Crippen molar-refractivity contribution in [2.24, 2.45) is 0 Å². The molecule has 2 aromatic carbocycles. The summed E-state index contributed by atoms with van der Waals surface area (Å²) < 4.78 is 44.1. The van der Waals surface area contributed by atoms with Crippen molar-refractivity contribution in [2.45, 2.75) is 44.0 Å². The molecule has 2 heterocycles. The highest BCUT2D eigenvalue weighted by molar-refractivity contribution is 7.92. The molecule has 2 aliphatic heterocycles. The topological polar surface area (TPSA) is 102 Å². The van der Waals surface area contributed by atoms with Gasteiger partial charge in [0.05, 0.1) is 10.6 Å². The number of halogens is 1. The quantitative estimate of drug-likeness (QED) is 0.365. The largest absolute Gasteiger partial charge is 0.442 e. The minimum absolute atomic E-state index is 0.0250. The van der Waals surface area contributed by atoms with E-state index in [9.17, 15) is 18.0 Å². The van der Waals surface area contributed by atoms with E-state index in [2.05, 4.69) is 18.7 Å². The second kappa shape index (κ2) is 10.0. The summed E-state index contributed by atoms with van der Waals surface area (Å²) in [6.07, 6.45) is 2.80. The fraction of sp³-hybridized carbons (Fsp3) is 0.417. The Bertz CT molecular complexity index is 1190. The summed E-state index contributed by atoms with van der Waals surface area (Å²) in [6.45, 7) is 6.51. The second-order valence-electron chi connectivity index (χ2n) is 8.42. The maximum atomic E-state index is 13.7. The van der Waals surface area contributed by atoms with Crippen LogP contribution in [0.3, 0.4) is 0 Å². The van der Waals surface area contributed by atoms with Crippen LogP contribution in [-0.4, -0.2) is 57.4 Å². The van der Waals surface area contributed by atoms with Crippen molar-refractivity contribution in [3.05, 3.63) is 53.1 Å². The summed E-state index contributed by atoms with van der Waals surface area (Å²) in [5, 5.41) is 0.382. The van der Waals surface area contributed by atoms with Gasteiger partial charge in [0, 0.05) is 11.6 Å². The first-order chi connectivity index (χ1) is 16.7. The number of rotatable bonds is 9. The number of anilines is 1. The number of carbonyl (C=O) groups excluding carboxylic acids is 2. The van der Waals surface area contributed by atoms with Gasteiger partial charge in [-0.05, 0) is 74.3 Å². The highest BCUT2D eigenvalue weighted by atomic mass is 35.5. The molecule has 0 unspecified atom stereocenters. The Hall–Kier alpha value is -2.82. The summed E-state index contributed by atoms with van der Waals surface area (Å²) in [5.74, 6) is -4.58. The van der Waals surface area contributed by atoms with Crippen LogP contribution in [0.15, 0.2) is 47.4 Å². The molecule has 35 heavy (non-hydrogen) atoms. The molecule has 0 aliphatic carbocycles. The molecule has 188 valence electrons. The third kappa shape index (κ3) is 5.24. The molecule has 4 rings (SSSR count). The number of hydrogen-bond donors (Lipinski definition) is 0. The van der Waals surface area contributed by atoms with Crippen molar-refractivity contribution in [3.8, 4) is 5.75 Å². The Kier molecular flexibility index (Phi) is 7.25. The van der Waals surface area contributed by atoms with Crippen molar-refractivity contribution >= 4 is 39.3 Å². The Labute approximate surface area is 209 Å². The first kappa shape index (κ1) is 25.3. The van der Waals surface area contributed by atoms with Gasteiger partial charge in [-0.2, -0.15) is 0 Å². The van der Waals surface area contributed by atoms with Crippen LogP contribution >= 0.6 is 11.6 Å². The van der Waals surface area contributed by atoms with Crippen LogP contribution in [0, 0.1) is 0 Å². The lowest BCUT2D eigenvalue weighted by Crippen LogP contribution is -2.54. The fourth-order valence-electron chi connectivity index (χ4n) is 4.16. The van der Waals surface area contributed by atoms with Gasteiger partial charge in [0.1, 0.15) is 0 Å². The lowest BCUT2D eigenvalue weighted by Gasteiger charge is -2.38. The Morgan fingerprint density at radius 3 is 2.17 bits per heavy atom.